The molecule has 5 heteroatoms. The first kappa shape index (κ1) is 15.1. The van der Waals surface area contributed by atoms with E-state index in [9.17, 15) is 0 Å². The summed E-state index contributed by atoms with van der Waals surface area (Å²) >= 11 is 0. The Hall–Kier alpha value is -0.350. The smallest absolute Gasteiger partial charge is 0.0624 e. The summed E-state index contributed by atoms with van der Waals surface area (Å²) in [6.07, 6.45) is 1.69. The van der Waals surface area contributed by atoms with Gasteiger partial charge in [0.1, 0.15) is 0 Å². The van der Waals surface area contributed by atoms with E-state index in [2.05, 4.69) is 4.98 Å². The highest BCUT2D eigenvalue weighted by molar-refractivity contribution is 5.85. The fraction of sp³-hybridized carbons (Fsp3) is 0.375. The SMILES string of the molecule is Cc1cc(C(N)CO)ccn1.Cl.Cl. The molecule has 0 radical (unpaired) electrons. The maximum atomic E-state index is 8.73. The van der Waals surface area contributed by atoms with Crippen molar-refractivity contribution in [3.05, 3.63) is 29.6 Å². The van der Waals surface area contributed by atoms with Gasteiger partial charge in [0, 0.05) is 11.9 Å². The van der Waals surface area contributed by atoms with Crippen LogP contribution >= 0.6 is 24.8 Å². The number of aryl methyl sites for hydroxylation is 1. The highest BCUT2D eigenvalue weighted by Crippen LogP contribution is 2.08. The molecule has 76 valence electrons. The van der Waals surface area contributed by atoms with Crippen LogP contribution < -0.4 is 5.73 Å². The molecule has 1 rings (SSSR count). The Kier molecular flexibility index (Phi) is 8.26. The van der Waals surface area contributed by atoms with Crippen LogP contribution in [0.5, 0.6) is 0 Å². The molecule has 1 aromatic heterocycles. The number of hydrogen-bond donors (Lipinski definition) is 2. The lowest BCUT2D eigenvalue weighted by Crippen LogP contribution is -2.14. The molecule has 0 amide bonds. The second-order valence-electron chi connectivity index (χ2n) is 2.52. The molecule has 1 aromatic rings. The molecule has 0 saturated carbocycles. The number of aromatic nitrogens is 1. The van der Waals surface area contributed by atoms with Crippen LogP contribution in [0.3, 0.4) is 0 Å². The molecule has 13 heavy (non-hydrogen) atoms. The Morgan fingerprint density at radius 1 is 1.54 bits per heavy atom. The number of aliphatic hydroxyl groups excluding tert-OH is 1. The van der Waals surface area contributed by atoms with Crippen LogP contribution in [0.2, 0.25) is 0 Å². The van der Waals surface area contributed by atoms with E-state index < -0.39 is 0 Å². The molecule has 1 atom stereocenters. The zero-order chi connectivity index (χ0) is 8.27. The lowest BCUT2D eigenvalue weighted by Gasteiger charge is -2.07. The van der Waals surface area contributed by atoms with Crippen LogP contribution in [0, 0.1) is 6.92 Å². The fourth-order valence-electron chi connectivity index (χ4n) is 0.904. The predicted molar refractivity (Wildman–Crippen MR) is 57.5 cm³/mol. The number of aliphatic hydroxyl groups is 1. The van der Waals surface area contributed by atoms with Crippen molar-refractivity contribution in [3.8, 4) is 0 Å². The highest BCUT2D eigenvalue weighted by Gasteiger charge is 2.02. The molecule has 0 aliphatic carbocycles. The van der Waals surface area contributed by atoms with E-state index in [-0.39, 0.29) is 37.5 Å². The van der Waals surface area contributed by atoms with E-state index in [1.54, 1.807) is 6.20 Å². The van der Waals surface area contributed by atoms with Crippen LogP contribution in [0.4, 0.5) is 0 Å². The van der Waals surface area contributed by atoms with E-state index >= 15 is 0 Å². The largest absolute Gasteiger partial charge is 0.394 e. The standard InChI is InChI=1S/C8H12N2O.2ClH/c1-6-4-7(2-3-10-6)8(9)5-11;;/h2-4,8,11H,5,9H2,1H3;2*1H. The van der Waals surface area contributed by atoms with Crippen LogP contribution in [-0.4, -0.2) is 16.7 Å². The van der Waals surface area contributed by atoms with Crippen LogP contribution in [0.15, 0.2) is 18.3 Å². The molecule has 0 spiro atoms. The summed E-state index contributed by atoms with van der Waals surface area (Å²) in [6.45, 7) is 1.87. The first-order valence-corrected chi connectivity index (χ1v) is 3.53. The normalized spacial score (nSPS) is 11.0. The van der Waals surface area contributed by atoms with Gasteiger partial charge in [0.05, 0.1) is 12.6 Å². The van der Waals surface area contributed by atoms with E-state index in [4.69, 9.17) is 10.8 Å². The molecule has 1 unspecified atom stereocenters. The second kappa shape index (κ2) is 7.09. The zero-order valence-electron chi connectivity index (χ0n) is 7.30. The summed E-state index contributed by atoms with van der Waals surface area (Å²) in [5.74, 6) is 0. The molecule has 3 N–H and O–H groups in total. The maximum Gasteiger partial charge on any atom is 0.0624 e. The van der Waals surface area contributed by atoms with E-state index in [0.717, 1.165) is 11.3 Å². The predicted octanol–water partition coefficient (Wildman–Crippen LogP) is 1.23. The number of rotatable bonds is 2. The van der Waals surface area contributed by atoms with E-state index in [1.165, 1.54) is 0 Å². The van der Waals surface area contributed by atoms with Gasteiger partial charge in [0.15, 0.2) is 0 Å². The molecule has 0 aromatic carbocycles. The van der Waals surface area contributed by atoms with E-state index in [1.807, 2.05) is 19.1 Å². The summed E-state index contributed by atoms with van der Waals surface area (Å²) in [6, 6.07) is 3.41. The lowest BCUT2D eigenvalue weighted by atomic mass is 10.1. The molecule has 0 bridgehead atoms. The minimum atomic E-state index is -0.281. The fourth-order valence-corrected chi connectivity index (χ4v) is 0.904. The molecular weight excluding hydrogens is 211 g/mol. The van der Waals surface area contributed by atoms with Crippen molar-refractivity contribution in [1.82, 2.24) is 4.98 Å². The van der Waals surface area contributed by atoms with Gasteiger partial charge in [-0.2, -0.15) is 0 Å². The van der Waals surface area contributed by atoms with Crippen LogP contribution in [-0.2, 0) is 0 Å². The number of pyridine rings is 1. The summed E-state index contributed by atoms with van der Waals surface area (Å²) in [4.78, 5) is 4.02. The van der Waals surface area contributed by atoms with Crippen molar-refractivity contribution in [2.24, 2.45) is 5.73 Å². The average Bonchev–Trinajstić information content (AvgIpc) is 2.03. The Morgan fingerprint density at radius 2 is 2.15 bits per heavy atom. The summed E-state index contributed by atoms with van der Waals surface area (Å²) < 4.78 is 0. The molecule has 0 aliphatic heterocycles. The van der Waals surface area contributed by atoms with Gasteiger partial charge in [-0.05, 0) is 24.6 Å². The van der Waals surface area contributed by atoms with Gasteiger partial charge in [0.25, 0.3) is 0 Å². The first-order chi connectivity index (χ1) is 5.24. The van der Waals surface area contributed by atoms with Gasteiger partial charge < -0.3 is 10.8 Å². The van der Waals surface area contributed by atoms with Gasteiger partial charge in [-0.25, -0.2) is 0 Å². The molecule has 0 aliphatic rings. The lowest BCUT2D eigenvalue weighted by molar-refractivity contribution is 0.268. The minimum absolute atomic E-state index is 0. The zero-order valence-corrected chi connectivity index (χ0v) is 8.94. The van der Waals surface area contributed by atoms with Crippen molar-refractivity contribution >= 4 is 24.8 Å². The molecule has 0 saturated heterocycles. The topological polar surface area (TPSA) is 59.1 Å². The third-order valence-electron chi connectivity index (χ3n) is 1.55. The number of halogens is 2. The van der Waals surface area contributed by atoms with Crippen molar-refractivity contribution < 1.29 is 5.11 Å². The second-order valence-corrected chi connectivity index (χ2v) is 2.52. The highest BCUT2D eigenvalue weighted by atomic mass is 35.5. The van der Waals surface area contributed by atoms with Gasteiger partial charge in [-0.1, -0.05) is 0 Å². The van der Waals surface area contributed by atoms with Crippen molar-refractivity contribution in [2.75, 3.05) is 6.61 Å². The van der Waals surface area contributed by atoms with Gasteiger partial charge >= 0.3 is 0 Å². The Balaban J connectivity index is 0. The van der Waals surface area contributed by atoms with Gasteiger partial charge in [0.2, 0.25) is 0 Å². The Labute approximate surface area is 90.2 Å². The van der Waals surface area contributed by atoms with Gasteiger partial charge in [-0.15, -0.1) is 24.8 Å². The minimum Gasteiger partial charge on any atom is -0.394 e. The van der Waals surface area contributed by atoms with E-state index in [0.29, 0.717) is 0 Å². The Morgan fingerprint density at radius 3 is 2.62 bits per heavy atom. The third-order valence-corrected chi connectivity index (χ3v) is 1.55. The quantitative estimate of drug-likeness (QED) is 0.795. The van der Waals surface area contributed by atoms with Crippen molar-refractivity contribution in [2.45, 2.75) is 13.0 Å². The number of nitrogens with zero attached hydrogens (tertiary/aromatic N) is 1. The average molecular weight is 225 g/mol. The Bertz CT molecular complexity index is 245. The summed E-state index contributed by atoms with van der Waals surface area (Å²) in [5, 5.41) is 8.73. The summed E-state index contributed by atoms with van der Waals surface area (Å²) in [5.41, 5.74) is 7.44. The first-order valence-electron chi connectivity index (χ1n) is 3.53. The number of hydrogen-bond acceptors (Lipinski definition) is 3. The molecule has 3 nitrogen and oxygen atoms in total. The molecule has 1 heterocycles. The maximum absolute atomic E-state index is 8.73. The van der Waals surface area contributed by atoms with Crippen molar-refractivity contribution in [3.63, 3.8) is 0 Å². The van der Waals surface area contributed by atoms with Crippen LogP contribution in [0.1, 0.15) is 17.3 Å². The monoisotopic (exact) mass is 224 g/mol. The summed E-state index contributed by atoms with van der Waals surface area (Å²) in [7, 11) is 0. The van der Waals surface area contributed by atoms with Crippen molar-refractivity contribution in [1.29, 1.82) is 0 Å². The molecule has 0 fully saturated rings. The number of nitrogens with two attached hydrogens (primary N) is 1. The van der Waals surface area contributed by atoms with Crippen LogP contribution in [0.25, 0.3) is 0 Å². The van der Waals surface area contributed by atoms with Gasteiger partial charge in [-0.3, -0.25) is 4.98 Å². The molecular formula is C8H14Cl2N2O. The third kappa shape index (κ3) is 4.43.